The lowest BCUT2D eigenvalue weighted by molar-refractivity contribution is 0.596. The lowest BCUT2D eigenvalue weighted by Crippen LogP contribution is -2.14. The fraction of sp³-hybridized carbons (Fsp3) is 0.200. The van der Waals surface area contributed by atoms with Crippen molar-refractivity contribution < 1.29 is 4.21 Å². The molecule has 4 heteroatoms. The van der Waals surface area contributed by atoms with Crippen LogP contribution in [0.25, 0.3) is 0 Å². The Kier molecular flexibility index (Phi) is 1.48. The summed E-state index contributed by atoms with van der Waals surface area (Å²) < 4.78 is 10.3. The van der Waals surface area contributed by atoms with Gasteiger partial charge in [-0.2, -0.15) is 5.11 Å². The van der Waals surface area contributed by atoms with Gasteiger partial charge in [0, 0.05) is 16.4 Å². The van der Waals surface area contributed by atoms with E-state index in [1.165, 1.54) is 12.3 Å². The molecule has 46 valence electrons. The Hall–Kier alpha value is -0.900. The van der Waals surface area contributed by atoms with Crippen molar-refractivity contribution in [1.82, 2.24) is 0 Å². The number of hydrogen-bond acceptors (Lipinski definition) is 3. The minimum Gasteiger partial charge on any atom is -0.158 e. The third-order valence-corrected chi connectivity index (χ3v) is 1.67. The zero-order valence-corrected chi connectivity index (χ0v) is 5.47. The zero-order valence-electron chi connectivity index (χ0n) is 4.65. The Balaban J connectivity index is 2.94. The van der Waals surface area contributed by atoms with Crippen LogP contribution >= 0.6 is 0 Å². The van der Waals surface area contributed by atoms with Crippen molar-refractivity contribution in [2.45, 2.75) is 4.87 Å². The second kappa shape index (κ2) is 2.14. The molecule has 0 saturated heterocycles. The monoisotopic (exact) mass is 141 g/mol. The van der Waals surface area contributed by atoms with Crippen LogP contribution in [0.5, 0.6) is 0 Å². The average molecular weight is 141 g/mol. The van der Waals surface area contributed by atoms with E-state index in [0.29, 0.717) is 11.7 Å². The number of nitrogens with zero attached hydrogens (tertiary/aromatic N) is 2. The molecule has 0 spiro atoms. The lowest BCUT2D eigenvalue weighted by atomic mass is 10.3. The molecule has 0 saturated carbocycles. The van der Waals surface area contributed by atoms with Crippen molar-refractivity contribution in [2.75, 3.05) is 0 Å². The molecule has 1 heterocycles. The summed E-state index contributed by atoms with van der Waals surface area (Å²) in [5.41, 5.74) is 0. The van der Waals surface area contributed by atoms with Crippen molar-refractivity contribution in [3.05, 3.63) is 24.9 Å². The van der Waals surface area contributed by atoms with Gasteiger partial charge in [0.05, 0.1) is 6.20 Å². The van der Waals surface area contributed by atoms with Gasteiger partial charge in [-0.3, -0.25) is 0 Å². The summed E-state index contributed by atoms with van der Waals surface area (Å²) in [5.74, 6) is 0. The predicted molar refractivity (Wildman–Crippen MR) is 35.0 cm³/mol. The van der Waals surface area contributed by atoms with Crippen LogP contribution in [0, 0.1) is 0 Å². The first-order valence-corrected chi connectivity index (χ1v) is 3.11. The van der Waals surface area contributed by atoms with Gasteiger partial charge in [-0.1, -0.05) is 6.58 Å². The first-order chi connectivity index (χ1) is 4.33. The van der Waals surface area contributed by atoms with Crippen molar-refractivity contribution in [3.63, 3.8) is 0 Å². The van der Waals surface area contributed by atoms with Crippen LogP contribution in [0.2, 0.25) is 0 Å². The van der Waals surface area contributed by atoms with Crippen LogP contribution in [0.3, 0.4) is 0 Å². The first-order valence-electron chi connectivity index (χ1n) is 2.37. The molecule has 3 nitrogen and oxygen atoms in total. The fourth-order valence-electron chi connectivity index (χ4n) is 0.484. The molecular formula is C5H5N2OS+. The van der Waals surface area contributed by atoms with Crippen LogP contribution in [-0.4, -0.2) is 4.87 Å². The molecule has 0 fully saturated rings. The molecule has 0 radical (unpaired) electrons. The Morgan fingerprint density at radius 2 is 2.56 bits per heavy atom. The van der Waals surface area contributed by atoms with Crippen LogP contribution in [0.15, 0.2) is 35.2 Å². The maximum atomic E-state index is 10.3. The second-order valence-electron chi connectivity index (χ2n) is 1.57. The molecule has 0 aromatic heterocycles. The summed E-state index contributed by atoms with van der Waals surface area (Å²) >= 11 is 0.365. The highest BCUT2D eigenvalue weighted by Gasteiger charge is 2.40. The number of hydrogen-bond donors (Lipinski definition) is 0. The van der Waals surface area contributed by atoms with Gasteiger partial charge >= 0.3 is 16.5 Å². The molecule has 1 rings (SSSR count). The Morgan fingerprint density at radius 3 is 2.78 bits per heavy atom. The van der Waals surface area contributed by atoms with E-state index in [1.807, 2.05) is 0 Å². The summed E-state index contributed by atoms with van der Waals surface area (Å²) in [5, 5.41) is 7.18. The molecule has 1 atom stereocenters. The average Bonchev–Trinajstić information content (AvgIpc) is 2.36. The third kappa shape index (κ3) is 0.929. The molecule has 1 aliphatic rings. The molecule has 0 aromatic carbocycles. The third-order valence-electron chi connectivity index (χ3n) is 1.02. The minimum atomic E-state index is -0.819. The molecule has 1 aliphatic heterocycles. The zero-order chi connectivity index (χ0) is 6.74. The highest BCUT2D eigenvalue weighted by Crippen LogP contribution is 2.19. The Bertz CT molecular complexity index is 175. The van der Waals surface area contributed by atoms with E-state index in [0.717, 1.165) is 0 Å². The quantitative estimate of drug-likeness (QED) is 0.422. The number of rotatable bonds is 2. The van der Waals surface area contributed by atoms with E-state index in [4.69, 9.17) is 0 Å². The van der Waals surface area contributed by atoms with Gasteiger partial charge < -0.3 is 0 Å². The standard InChI is InChI=1S/C5H5N2OS/c1-2-5(9-8)3-4-6-7-5/h2-4H,1H2/q+1. The molecule has 0 bridgehead atoms. The molecule has 1 unspecified atom stereocenters. The maximum Gasteiger partial charge on any atom is 0.502 e. The smallest absolute Gasteiger partial charge is 0.158 e. The SMILES string of the molecule is C=CC1([S+]=O)C=CN=N1. The van der Waals surface area contributed by atoms with Gasteiger partial charge in [-0.05, 0) is 0 Å². The normalized spacial score (nSPS) is 30.7. The summed E-state index contributed by atoms with van der Waals surface area (Å²) in [6.07, 6.45) is 4.57. The lowest BCUT2D eigenvalue weighted by Gasteiger charge is -1.89. The van der Waals surface area contributed by atoms with E-state index >= 15 is 0 Å². The van der Waals surface area contributed by atoms with E-state index in [-0.39, 0.29) is 0 Å². The number of azo groups is 1. The van der Waals surface area contributed by atoms with E-state index in [1.54, 1.807) is 6.08 Å². The minimum absolute atomic E-state index is 0.365. The summed E-state index contributed by atoms with van der Waals surface area (Å²) in [6, 6.07) is 0. The summed E-state index contributed by atoms with van der Waals surface area (Å²) in [4.78, 5) is -0.819. The molecule has 0 amide bonds. The highest BCUT2D eigenvalue weighted by molar-refractivity contribution is 7.67. The molecule has 9 heavy (non-hydrogen) atoms. The maximum absolute atomic E-state index is 10.3. The highest BCUT2D eigenvalue weighted by atomic mass is 32.1. The van der Waals surface area contributed by atoms with Crippen LogP contribution < -0.4 is 0 Å². The molecule has 0 aromatic rings. The second-order valence-corrected chi connectivity index (χ2v) is 2.39. The Morgan fingerprint density at radius 1 is 1.78 bits per heavy atom. The van der Waals surface area contributed by atoms with Crippen LogP contribution in [-0.2, 0) is 15.9 Å². The fourth-order valence-corrected chi connectivity index (χ4v) is 0.749. The van der Waals surface area contributed by atoms with E-state index in [9.17, 15) is 4.21 Å². The summed E-state index contributed by atoms with van der Waals surface area (Å²) in [7, 11) is 0. The van der Waals surface area contributed by atoms with Crippen molar-refractivity contribution in [1.29, 1.82) is 0 Å². The van der Waals surface area contributed by atoms with Gasteiger partial charge in [0.1, 0.15) is 0 Å². The van der Waals surface area contributed by atoms with Gasteiger partial charge in [-0.15, -0.1) is 5.11 Å². The van der Waals surface area contributed by atoms with Crippen molar-refractivity contribution >= 4 is 11.7 Å². The van der Waals surface area contributed by atoms with Gasteiger partial charge in [0.25, 0.3) is 0 Å². The van der Waals surface area contributed by atoms with E-state index in [2.05, 4.69) is 16.8 Å². The summed E-state index contributed by atoms with van der Waals surface area (Å²) in [6.45, 7) is 3.46. The molecule has 0 aliphatic carbocycles. The van der Waals surface area contributed by atoms with Crippen LogP contribution in [0.4, 0.5) is 0 Å². The van der Waals surface area contributed by atoms with Crippen molar-refractivity contribution in [3.8, 4) is 0 Å². The largest absolute Gasteiger partial charge is 0.502 e. The first kappa shape index (κ1) is 6.22. The van der Waals surface area contributed by atoms with Crippen LogP contribution in [0.1, 0.15) is 0 Å². The van der Waals surface area contributed by atoms with Gasteiger partial charge in [0.2, 0.25) is 0 Å². The van der Waals surface area contributed by atoms with E-state index < -0.39 is 4.87 Å². The van der Waals surface area contributed by atoms with Gasteiger partial charge in [-0.25, -0.2) is 0 Å². The topological polar surface area (TPSA) is 41.8 Å². The molecular weight excluding hydrogens is 136 g/mol. The van der Waals surface area contributed by atoms with Gasteiger partial charge in [0.15, 0.2) is 0 Å². The van der Waals surface area contributed by atoms with Crippen molar-refractivity contribution in [2.24, 2.45) is 10.2 Å². The predicted octanol–water partition coefficient (Wildman–Crippen LogP) is 1.28. The molecule has 0 N–H and O–H groups in total. The Labute approximate surface area is 56.7 Å².